The molecule has 0 spiro atoms. The summed E-state index contributed by atoms with van der Waals surface area (Å²) in [7, 11) is -0.817. The summed E-state index contributed by atoms with van der Waals surface area (Å²) in [5, 5.41) is 0. The lowest BCUT2D eigenvalue weighted by Crippen LogP contribution is -2.16. The van der Waals surface area contributed by atoms with E-state index in [0.29, 0.717) is 0 Å². The van der Waals surface area contributed by atoms with E-state index in [0.717, 1.165) is 6.61 Å². The zero-order chi connectivity index (χ0) is 15.9. The number of hydrogen-bond donors (Lipinski definition) is 0. The van der Waals surface area contributed by atoms with Gasteiger partial charge in [-0.25, -0.2) is 0 Å². The second-order valence-corrected chi connectivity index (χ2v) is 9.31. The molecule has 1 nitrogen and oxygen atoms in total. The summed E-state index contributed by atoms with van der Waals surface area (Å²) in [5.41, 5.74) is 1.49. The molecule has 0 aliphatic carbocycles. The molecule has 0 radical (unpaired) electrons. The van der Waals surface area contributed by atoms with E-state index in [1.807, 2.05) is 0 Å². The Balaban J connectivity index is 1.83. The van der Waals surface area contributed by atoms with Crippen LogP contribution in [0.5, 0.6) is 0 Å². The first kappa shape index (κ1) is 19.4. The molecule has 0 heterocycles. The van der Waals surface area contributed by atoms with Crippen LogP contribution in [0.15, 0.2) is 30.3 Å². The van der Waals surface area contributed by atoms with Crippen molar-refractivity contribution >= 4 is 9.04 Å². The fourth-order valence-electron chi connectivity index (χ4n) is 3.05. The van der Waals surface area contributed by atoms with E-state index in [4.69, 9.17) is 4.43 Å². The van der Waals surface area contributed by atoms with Crippen molar-refractivity contribution in [2.24, 2.45) is 0 Å². The van der Waals surface area contributed by atoms with Gasteiger partial charge in [-0.15, -0.1) is 0 Å². The average Bonchev–Trinajstić information content (AvgIpc) is 2.56. The lowest BCUT2D eigenvalue weighted by molar-refractivity contribution is 0.340. The first-order chi connectivity index (χ1) is 10.9. The Hall–Kier alpha value is -0.603. The molecule has 1 rings (SSSR count). The van der Waals surface area contributed by atoms with Crippen molar-refractivity contribution in [2.75, 3.05) is 6.61 Å². The van der Waals surface area contributed by atoms with E-state index in [-0.39, 0.29) is 0 Å². The smallest absolute Gasteiger partial charge is 0.176 e. The van der Waals surface area contributed by atoms with Crippen LogP contribution >= 0.6 is 0 Å². The summed E-state index contributed by atoms with van der Waals surface area (Å²) in [5.74, 6) is 0. The molecule has 0 aromatic heterocycles. The van der Waals surface area contributed by atoms with Gasteiger partial charge in [0.15, 0.2) is 9.04 Å². The van der Waals surface area contributed by atoms with Crippen molar-refractivity contribution in [3.63, 3.8) is 0 Å². The number of benzene rings is 1. The molecule has 0 fully saturated rings. The van der Waals surface area contributed by atoms with Gasteiger partial charge >= 0.3 is 0 Å². The predicted molar refractivity (Wildman–Crippen MR) is 101 cm³/mol. The summed E-state index contributed by atoms with van der Waals surface area (Å²) in [6.45, 7) is 5.35. The molecule has 1 atom stereocenters. The molecule has 22 heavy (non-hydrogen) atoms. The standard InChI is InChI=1S/C20H36OSi/c1-3-21-22(4-2)19-15-10-8-6-5-7-9-12-16-20-17-13-11-14-18-20/h11,13-14,17-18,22H,3-10,12,15-16,19H2,1-2H3. The van der Waals surface area contributed by atoms with Gasteiger partial charge in [-0.05, 0) is 37.4 Å². The van der Waals surface area contributed by atoms with E-state index in [2.05, 4.69) is 44.2 Å². The average molecular weight is 321 g/mol. The molecular formula is C20H36OSi. The van der Waals surface area contributed by atoms with E-state index < -0.39 is 9.04 Å². The lowest BCUT2D eigenvalue weighted by Gasteiger charge is -2.12. The van der Waals surface area contributed by atoms with Crippen LogP contribution in [0.3, 0.4) is 0 Å². The second-order valence-electron chi connectivity index (χ2n) is 6.34. The topological polar surface area (TPSA) is 9.23 Å². The summed E-state index contributed by atoms with van der Waals surface area (Å²) in [6, 6.07) is 13.6. The Bertz CT molecular complexity index is 339. The molecule has 1 unspecified atom stereocenters. The molecule has 0 saturated heterocycles. The Morgan fingerprint density at radius 2 is 1.36 bits per heavy atom. The van der Waals surface area contributed by atoms with E-state index in [1.165, 1.54) is 75.4 Å². The quantitative estimate of drug-likeness (QED) is 0.296. The minimum Gasteiger partial charge on any atom is -0.420 e. The Morgan fingerprint density at radius 3 is 1.95 bits per heavy atom. The molecule has 0 amide bonds. The van der Waals surface area contributed by atoms with Crippen molar-refractivity contribution < 1.29 is 4.43 Å². The van der Waals surface area contributed by atoms with Crippen molar-refractivity contribution in [2.45, 2.75) is 83.7 Å². The molecule has 1 aromatic rings. The third-order valence-electron chi connectivity index (χ3n) is 4.44. The number of unbranched alkanes of at least 4 members (excludes halogenated alkanes) is 7. The molecule has 0 aliphatic rings. The fourth-order valence-corrected chi connectivity index (χ4v) is 5.07. The molecule has 0 saturated carbocycles. The molecule has 0 bridgehead atoms. The number of aryl methyl sites for hydroxylation is 1. The van der Waals surface area contributed by atoms with Crippen LogP contribution < -0.4 is 0 Å². The Kier molecular flexibility index (Phi) is 12.4. The third-order valence-corrected chi connectivity index (χ3v) is 7.21. The summed E-state index contributed by atoms with van der Waals surface area (Å²) in [4.78, 5) is 0. The van der Waals surface area contributed by atoms with Gasteiger partial charge in [-0.1, -0.05) is 82.2 Å². The molecule has 1 aromatic carbocycles. The maximum Gasteiger partial charge on any atom is 0.176 e. The number of hydrogen-bond acceptors (Lipinski definition) is 1. The van der Waals surface area contributed by atoms with Gasteiger partial charge in [-0.3, -0.25) is 0 Å². The van der Waals surface area contributed by atoms with Gasteiger partial charge < -0.3 is 4.43 Å². The minimum atomic E-state index is -0.817. The summed E-state index contributed by atoms with van der Waals surface area (Å²) >= 11 is 0. The maximum absolute atomic E-state index is 5.84. The molecule has 0 aliphatic heterocycles. The second kappa shape index (κ2) is 14.0. The highest BCUT2D eigenvalue weighted by molar-refractivity contribution is 6.51. The first-order valence-electron chi connectivity index (χ1n) is 9.52. The highest BCUT2D eigenvalue weighted by Crippen LogP contribution is 2.13. The SMILES string of the molecule is CCO[SiH](CC)CCCCCCCCCCc1ccccc1. The van der Waals surface area contributed by atoms with Gasteiger partial charge in [0.05, 0.1) is 0 Å². The van der Waals surface area contributed by atoms with Crippen LogP contribution in [0, 0.1) is 0 Å². The summed E-state index contributed by atoms with van der Waals surface area (Å²) in [6.07, 6.45) is 12.5. The van der Waals surface area contributed by atoms with Crippen LogP contribution in [0.1, 0.15) is 70.8 Å². The van der Waals surface area contributed by atoms with Gasteiger partial charge in [0.2, 0.25) is 0 Å². The highest BCUT2D eigenvalue weighted by atomic mass is 28.3. The van der Waals surface area contributed by atoms with Crippen LogP contribution in [-0.4, -0.2) is 15.6 Å². The molecule has 2 heteroatoms. The normalized spacial score (nSPS) is 12.5. The predicted octanol–water partition coefficient (Wildman–Crippen LogP) is 6.13. The first-order valence-corrected chi connectivity index (χ1v) is 11.6. The summed E-state index contributed by atoms with van der Waals surface area (Å²) < 4.78 is 5.84. The monoisotopic (exact) mass is 320 g/mol. The molecule has 0 N–H and O–H groups in total. The van der Waals surface area contributed by atoms with Gasteiger partial charge in [0.1, 0.15) is 0 Å². The van der Waals surface area contributed by atoms with E-state index in [9.17, 15) is 0 Å². The van der Waals surface area contributed by atoms with Gasteiger partial charge in [-0.2, -0.15) is 0 Å². The number of rotatable bonds is 14. The zero-order valence-electron chi connectivity index (χ0n) is 14.9. The largest absolute Gasteiger partial charge is 0.420 e. The fraction of sp³-hybridized carbons (Fsp3) is 0.700. The van der Waals surface area contributed by atoms with Crippen molar-refractivity contribution in [3.8, 4) is 0 Å². The van der Waals surface area contributed by atoms with Crippen LogP contribution in [0.4, 0.5) is 0 Å². The highest BCUT2D eigenvalue weighted by Gasteiger charge is 2.07. The Labute approximate surface area is 140 Å². The van der Waals surface area contributed by atoms with Crippen molar-refractivity contribution in [1.82, 2.24) is 0 Å². The Morgan fingerprint density at radius 1 is 0.773 bits per heavy atom. The van der Waals surface area contributed by atoms with Crippen LogP contribution in [-0.2, 0) is 10.8 Å². The maximum atomic E-state index is 5.84. The van der Waals surface area contributed by atoms with Gasteiger partial charge in [0.25, 0.3) is 0 Å². The van der Waals surface area contributed by atoms with E-state index >= 15 is 0 Å². The van der Waals surface area contributed by atoms with Crippen molar-refractivity contribution in [3.05, 3.63) is 35.9 Å². The van der Waals surface area contributed by atoms with E-state index in [1.54, 1.807) is 0 Å². The minimum absolute atomic E-state index is 0.817. The van der Waals surface area contributed by atoms with Crippen LogP contribution in [0.2, 0.25) is 12.1 Å². The molecule has 126 valence electrons. The lowest BCUT2D eigenvalue weighted by atomic mass is 10.0. The zero-order valence-corrected chi connectivity index (χ0v) is 16.0. The molecular weight excluding hydrogens is 284 g/mol. The van der Waals surface area contributed by atoms with Crippen molar-refractivity contribution in [1.29, 1.82) is 0 Å². The third kappa shape index (κ3) is 10.2. The van der Waals surface area contributed by atoms with Crippen LogP contribution in [0.25, 0.3) is 0 Å². The van der Waals surface area contributed by atoms with Gasteiger partial charge in [0, 0.05) is 6.61 Å².